The largest absolute Gasteiger partial charge is 0.349 e. The third-order valence-corrected chi connectivity index (χ3v) is 3.37. The van der Waals surface area contributed by atoms with Crippen LogP contribution in [0.2, 0.25) is 0 Å². The summed E-state index contributed by atoms with van der Waals surface area (Å²) in [5.74, 6) is 5.28. The molecule has 0 radical (unpaired) electrons. The number of carbonyl (C=O) groups is 1. The van der Waals surface area contributed by atoms with E-state index in [-0.39, 0.29) is 5.91 Å². The predicted octanol–water partition coefficient (Wildman–Crippen LogP) is 0.796. The first-order chi connectivity index (χ1) is 8.69. The minimum Gasteiger partial charge on any atom is -0.349 e. The van der Waals surface area contributed by atoms with E-state index in [1.165, 1.54) is 0 Å². The summed E-state index contributed by atoms with van der Waals surface area (Å²) in [5.41, 5.74) is 4.01. The van der Waals surface area contributed by atoms with Crippen molar-refractivity contribution >= 4 is 11.6 Å². The molecule has 1 heterocycles. The maximum absolute atomic E-state index is 12.0. The summed E-state index contributed by atoms with van der Waals surface area (Å²) in [7, 11) is 2.11. The van der Waals surface area contributed by atoms with Crippen LogP contribution < -0.4 is 16.6 Å². The first-order valence-electron chi connectivity index (χ1n) is 6.25. The van der Waals surface area contributed by atoms with Crippen LogP contribution in [0.15, 0.2) is 24.3 Å². The summed E-state index contributed by atoms with van der Waals surface area (Å²) >= 11 is 0. The number of nitrogens with two attached hydrogens (primary N) is 1. The SMILES string of the molecule is CN1CCC(NC(=O)c2ccc(NN)cc2)CC1. The van der Waals surface area contributed by atoms with Crippen LogP contribution in [0.3, 0.4) is 0 Å². The van der Waals surface area contributed by atoms with Gasteiger partial charge >= 0.3 is 0 Å². The number of nitrogen functional groups attached to an aromatic ring is 1. The number of piperidine rings is 1. The normalized spacial score (nSPS) is 17.4. The Labute approximate surface area is 107 Å². The number of hydrogen-bond acceptors (Lipinski definition) is 4. The van der Waals surface area contributed by atoms with Gasteiger partial charge in [-0.05, 0) is 57.2 Å². The average molecular weight is 248 g/mol. The van der Waals surface area contributed by atoms with E-state index in [0.29, 0.717) is 11.6 Å². The lowest BCUT2D eigenvalue weighted by molar-refractivity contribution is 0.0917. The molecule has 1 aliphatic heterocycles. The molecule has 1 aromatic carbocycles. The van der Waals surface area contributed by atoms with Crippen molar-refractivity contribution < 1.29 is 4.79 Å². The minimum atomic E-state index is -0.00637. The molecule has 0 bridgehead atoms. The molecule has 1 aromatic rings. The minimum absolute atomic E-state index is 0.00637. The number of nitrogens with zero attached hydrogens (tertiary/aromatic N) is 1. The Morgan fingerprint density at radius 2 is 1.89 bits per heavy atom. The Hall–Kier alpha value is -1.59. The van der Waals surface area contributed by atoms with Crippen LogP contribution in [0.1, 0.15) is 23.2 Å². The number of likely N-dealkylation sites (tertiary alicyclic amines) is 1. The van der Waals surface area contributed by atoms with Crippen LogP contribution in [0.4, 0.5) is 5.69 Å². The number of benzene rings is 1. The van der Waals surface area contributed by atoms with Crippen LogP contribution in [-0.4, -0.2) is 37.0 Å². The van der Waals surface area contributed by atoms with Gasteiger partial charge in [0.1, 0.15) is 0 Å². The van der Waals surface area contributed by atoms with E-state index in [0.717, 1.165) is 31.6 Å². The fourth-order valence-electron chi connectivity index (χ4n) is 2.14. The summed E-state index contributed by atoms with van der Waals surface area (Å²) in [6, 6.07) is 7.44. The first kappa shape index (κ1) is 12.9. The molecule has 1 saturated heterocycles. The maximum atomic E-state index is 12.0. The van der Waals surface area contributed by atoms with Crippen molar-refractivity contribution in [2.75, 3.05) is 25.6 Å². The highest BCUT2D eigenvalue weighted by atomic mass is 16.1. The van der Waals surface area contributed by atoms with Crippen LogP contribution >= 0.6 is 0 Å². The van der Waals surface area contributed by atoms with Gasteiger partial charge < -0.3 is 15.6 Å². The molecule has 2 rings (SSSR count). The molecular formula is C13H20N4O. The molecule has 1 fully saturated rings. The van der Waals surface area contributed by atoms with Crippen molar-refractivity contribution in [2.45, 2.75) is 18.9 Å². The fourth-order valence-corrected chi connectivity index (χ4v) is 2.14. The standard InChI is InChI=1S/C13H20N4O/c1-17-8-6-11(7-9-17)15-13(18)10-2-4-12(16-14)5-3-10/h2-5,11,16H,6-9,14H2,1H3,(H,15,18). The fraction of sp³-hybridized carbons (Fsp3) is 0.462. The molecule has 98 valence electrons. The highest BCUT2D eigenvalue weighted by Crippen LogP contribution is 2.11. The van der Waals surface area contributed by atoms with Gasteiger partial charge in [0, 0.05) is 17.3 Å². The Morgan fingerprint density at radius 1 is 1.28 bits per heavy atom. The second-order valence-corrected chi connectivity index (χ2v) is 4.77. The Morgan fingerprint density at radius 3 is 2.44 bits per heavy atom. The Balaban J connectivity index is 1.90. The molecule has 0 saturated carbocycles. The molecule has 0 aliphatic carbocycles. The lowest BCUT2D eigenvalue weighted by Gasteiger charge is -2.29. The number of carbonyl (C=O) groups excluding carboxylic acids is 1. The van der Waals surface area contributed by atoms with Crippen molar-refractivity contribution in [2.24, 2.45) is 5.84 Å². The van der Waals surface area contributed by atoms with E-state index in [2.05, 4.69) is 22.7 Å². The predicted molar refractivity (Wildman–Crippen MR) is 72.2 cm³/mol. The number of hydrogen-bond donors (Lipinski definition) is 3. The molecule has 1 aliphatic rings. The topological polar surface area (TPSA) is 70.4 Å². The van der Waals surface area contributed by atoms with Crippen LogP contribution in [-0.2, 0) is 0 Å². The van der Waals surface area contributed by atoms with E-state index in [1.54, 1.807) is 24.3 Å². The number of amides is 1. The highest BCUT2D eigenvalue weighted by molar-refractivity contribution is 5.94. The highest BCUT2D eigenvalue weighted by Gasteiger charge is 2.18. The van der Waals surface area contributed by atoms with Gasteiger partial charge in [0.25, 0.3) is 5.91 Å². The van der Waals surface area contributed by atoms with Crippen molar-refractivity contribution in [1.82, 2.24) is 10.2 Å². The molecule has 0 unspecified atom stereocenters. The molecule has 1 amide bonds. The lowest BCUT2D eigenvalue weighted by atomic mass is 10.0. The molecule has 0 aromatic heterocycles. The molecule has 18 heavy (non-hydrogen) atoms. The van der Waals surface area contributed by atoms with Crippen LogP contribution in [0.5, 0.6) is 0 Å². The second-order valence-electron chi connectivity index (χ2n) is 4.77. The molecule has 4 N–H and O–H groups in total. The zero-order valence-corrected chi connectivity index (χ0v) is 10.6. The molecular weight excluding hydrogens is 228 g/mol. The third-order valence-electron chi connectivity index (χ3n) is 3.37. The summed E-state index contributed by atoms with van der Waals surface area (Å²) in [6.07, 6.45) is 2.04. The van der Waals surface area contributed by atoms with E-state index in [1.807, 2.05) is 0 Å². The van der Waals surface area contributed by atoms with Gasteiger partial charge in [-0.1, -0.05) is 0 Å². The second kappa shape index (κ2) is 5.84. The van der Waals surface area contributed by atoms with Gasteiger partial charge in [0.2, 0.25) is 0 Å². The van der Waals surface area contributed by atoms with Gasteiger partial charge in [-0.15, -0.1) is 0 Å². The van der Waals surface area contributed by atoms with Crippen molar-refractivity contribution in [3.63, 3.8) is 0 Å². The summed E-state index contributed by atoms with van der Waals surface area (Å²) in [5, 5.41) is 3.08. The van der Waals surface area contributed by atoms with Crippen LogP contribution in [0.25, 0.3) is 0 Å². The monoisotopic (exact) mass is 248 g/mol. The number of anilines is 1. The van der Waals surface area contributed by atoms with Gasteiger partial charge in [-0.25, -0.2) is 0 Å². The van der Waals surface area contributed by atoms with E-state index in [9.17, 15) is 4.79 Å². The average Bonchev–Trinajstić information content (AvgIpc) is 2.41. The molecule has 5 nitrogen and oxygen atoms in total. The van der Waals surface area contributed by atoms with E-state index >= 15 is 0 Å². The lowest BCUT2D eigenvalue weighted by Crippen LogP contribution is -2.43. The van der Waals surface area contributed by atoms with Gasteiger partial charge in [0.05, 0.1) is 0 Å². The summed E-state index contributed by atoms with van der Waals surface area (Å²) < 4.78 is 0. The quantitative estimate of drug-likeness (QED) is 0.546. The van der Waals surface area contributed by atoms with Crippen molar-refractivity contribution in [3.8, 4) is 0 Å². The maximum Gasteiger partial charge on any atom is 0.251 e. The Bertz CT molecular complexity index is 396. The van der Waals surface area contributed by atoms with Crippen molar-refractivity contribution in [1.29, 1.82) is 0 Å². The summed E-state index contributed by atoms with van der Waals surface area (Å²) in [4.78, 5) is 14.3. The van der Waals surface area contributed by atoms with E-state index in [4.69, 9.17) is 5.84 Å². The van der Waals surface area contributed by atoms with Gasteiger partial charge in [0.15, 0.2) is 0 Å². The molecule has 5 heteroatoms. The van der Waals surface area contributed by atoms with Gasteiger partial charge in [-0.2, -0.15) is 0 Å². The number of rotatable bonds is 3. The number of hydrazine groups is 1. The third kappa shape index (κ3) is 3.21. The summed E-state index contributed by atoms with van der Waals surface area (Å²) in [6.45, 7) is 2.09. The van der Waals surface area contributed by atoms with Crippen molar-refractivity contribution in [3.05, 3.63) is 29.8 Å². The zero-order chi connectivity index (χ0) is 13.0. The van der Waals surface area contributed by atoms with Gasteiger partial charge in [-0.3, -0.25) is 10.6 Å². The Kier molecular flexibility index (Phi) is 4.17. The van der Waals surface area contributed by atoms with E-state index < -0.39 is 0 Å². The first-order valence-corrected chi connectivity index (χ1v) is 6.25. The van der Waals surface area contributed by atoms with Crippen LogP contribution in [0, 0.1) is 0 Å². The smallest absolute Gasteiger partial charge is 0.251 e. The zero-order valence-electron chi connectivity index (χ0n) is 10.6. The molecule has 0 spiro atoms. The number of nitrogens with one attached hydrogen (secondary N) is 2. The molecule has 0 atom stereocenters.